The van der Waals surface area contributed by atoms with E-state index < -0.39 is 0 Å². The van der Waals surface area contributed by atoms with Gasteiger partial charge >= 0.3 is 0 Å². The molecule has 1 saturated heterocycles. The van der Waals surface area contributed by atoms with Gasteiger partial charge in [-0.15, -0.1) is 0 Å². The summed E-state index contributed by atoms with van der Waals surface area (Å²) < 4.78 is 13.5. The van der Waals surface area contributed by atoms with Crippen LogP contribution in [0.25, 0.3) is 54.7 Å². The second kappa shape index (κ2) is 43.6. The molecule has 6 heterocycles. The zero-order valence-electron chi connectivity index (χ0n) is 73.1. The summed E-state index contributed by atoms with van der Waals surface area (Å²) in [6.45, 7) is 37.2. The van der Waals surface area contributed by atoms with E-state index in [4.69, 9.17) is 14.4 Å². The van der Waals surface area contributed by atoms with Crippen LogP contribution in [0.3, 0.4) is 0 Å². The second-order valence-electron chi connectivity index (χ2n) is 33.4. The normalized spacial score (nSPS) is 12.9. The van der Waals surface area contributed by atoms with Crippen molar-refractivity contribution >= 4 is 60.6 Å². The molecule has 628 valence electrons. The molecule has 0 saturated carbocycles. The number of hydrogen-bond acceptors (Lipinski definition) is 11. The van der Waals surface area contributed by atoms with Gasteiger partial charge in [-0.3, -0.25) is 28.4 Å². The third-order valence-corrected chi connectivity index (χ3v) is 22.6. The van der Waals surface area contributed by atoms with E-state index in [0.717, 1.165) is 104 Å². The number of piperidine rings is 1. The molecule has 0 bridgehead atoms. The van der Waals surface area contributed by atoms with Gasteiger partial charge in [0.05, 0.1) is 58.8 Å². The van der Waals surface area contributed by atoms with Crippen LogP contribution in [0.4, 0.5) is 0 Å². The first kappa shape index (κ1) is 88.7. The van der Waals surface area contributed by atoms with Crippen molar-refractivity contribution in [1.82, 2.24) is 59.7 Å². The van der Waals surface area contributed by atoms with E-state index in [9.17, 15) is 14.4 Å². The highest BCUT2D eigenvalue weighted by Gasteiger charge is 2.23. The number of nitrogens with one attached hydrogen (secondary N) is 5. The summed E-state index contributed by atoms with van der Waals surface area (Å²) >= 11 is 0. The zero-order valence-corrected chi connectivity index (χ0v) is 73.1. The second-order valence-corrected chi connectivity index (χ2v) is 33.4. The van der Waals surface area contributed by atoms with Crippen LogP contribution in [0.1, 0.15) is 185 Å². The summed E-state index contributed by atoms with van der Waals surface area (Å²) in [7, 11) is 0. The van der Waals surface area contributed by atoms with Gasteiger partial charge in [0.15, 0.2) is 5.58 Å². The fraction of sp³-hybridized carbons (Fsp3) is 0.324. The molecule has 2 atom stereocenters. The molecule has 16 nitrogen and oxygen atoms in total. The van der Waals surface area contributed by atoms with Gasteiger partial charge in [0.1, 0.15) is 17.3 Å². The molecule has 15 aromatic rings. The van der Waals surface area contributed by atoms with Gasteiger partial charge in [-0.05, 0) is 184 Å². The zero-order chi connectivity index (χ0) is 85.2. The van der Waals surface area contributed by atoms with Crippen LogP contribution in [0, 0.1) is 19.8 Å². The number of benzene rings is 10. The Kier molecular flexibility index (Phi) is 31.9. The average Bonchev–Trinajstić information content (AvgIpc) is 1.62. The quantitative estimate of drug-likeness (QED) is 0.0310. The van der Waals surface area contributed by atoms with E-state index in [1.54, 1.807) is 15.4 Å². The number of unbranched alkanes of at least 4 members (excludes halogenated alkanes) is 1. The van der Waals surface area contributed by atoms with Crippen LogP contribution in [0.2, 0.25) is 0 Å². The molecule has 1 amide bonds. The molecular formula is C105H124N12O4. The van der Waals surface area contributed by atoms with E-state index >= 15 is 0 Å². The Morgan fingerprint density at radius 2 is 1.00 bits per heavy atom. The van der Waals surface area contributed by atoms with Gasteiger partial charge in [-0.25, -0.2) is 9.97 Å². The minimum atomic E-state index is -0.0415. The molecular weight excluding hydrogens is 1490 g/mol. The Morgan fingerprint density at radius 1 is 0.488 bits per heavy atom. The summed E-state index contributed by atoms with van der Waals surface area (Å²) in [4.78, 5) is 50.8. The number of rotatable bonds is 27. The van der Waals surface area contributed by atoms with Gasteiger partial charge in [0.25, 0.3) is 17.0 Å². The largest absolute Gasteiger partial charge is 0.463 e. The van der Waals surface area contributed by atoms with Crippen molar-refractivity contribution in [3.8, 4) is 0 Å². The maximum absolute atomic E-state index is 13.1. The van der Waals surface area contributed by atoms with Crippen molar-refractivity contribution in [2.75, 3.05) is 32.7 Å². The van der Waals surface area contributed by atoms with E-state index in [1.165, 1.54) is 92.2 Å². The van der Waals surface area contributed by atoms with Crippen LogP contribution in [0.15, 0.2) is 287 Å². The standard InChI is InChI=1S/C23H32N2.C22H22N2.C21H25N3O.C20H24N2O2.C19H21N3O/c1-23(2,3)21-11-9-19(10-12-21)17-24-22-13-15-25(16-14-22)18-20-7-5-4-6-8-20;1-2-24-21-11-7-6-10-19(21)20-14-18(12-13-22(20)24)16-23-15-17-8-4-3-5-9-17;1-15(2)13-22-16(3)20-23-19-12-8-7-11-18(19)21(25)24(20)14-17-9-5-4-6-10-17;1-4-5-9-21-20(23)18-12-19-17(8-10-24-19)22(18)13-16-11-14(2)6-7-15(16)3;1-3-20-14(2)18-21-17-12-8-7-11-16(17)19(23)22(18)13-15-9-5-4-6-10-15/h4-12,22,24H,13-18H2,1-3H3;3-14,23H,2,15-16H2,1H3;4-12,15-16,22H,13-14H2,1-3H3;6-8,10-12H,4-5,9,13H2,1-3H3,(H,21,23);4-12,14,20H,3,13H2,1-2H3. The van der Waals surface area contributed by atoms with E-state index in [1.807, 2.05) is 133 Å². The number of aryl methyl sites for hydroxylation is 3. The predicted octanol–water partition coefficient (Wildman–Crippen LogP) is 21.1. The monoisotopic (exact) mass is 1620 g/mol. The van der Waals surface area contributed by atoms with Gasteiger partial charge in [-0.1, -0.05) is 273 Å². The molecule has 0 radical (unpaired) electrons. The Balaban J connectivity index is 0.000000138. The molecule has 5 aromatic heterocycles. The minimum Gasteiger partial charge on any atom is -0.463 e. The lowest BCUT2D eigenvalue weighted by Crippen LogP contribution is -2.41. The van der Waals surface area contributed by atoms with Crippen molar-refractivity contribution in [3.63, 3.8) is 0 Å². The van der Waals surface area contributed by atoms with Crippen LogP contribution in [-0.2, 0) is 57.8 Å². The fourth-order valence-electron chi connectivity index (χ4n) is 15.7. The number of carbonyl (C=O) groups excluding carboxylic acids is 1. The van der Waals surface area contributed by atoms with Gasteiger partial charge in [0, 0.05) is 85.8 Å². The van der Waals surface area contributed by atoms with Crippen LogP contribution in [0.5, 0.6) is 0 Å². The van der Waals surface area contributed by atoms with Crippen molar-refractivity contribution in [2.45, 2.75) is 185 Å². The summed E-state index contributed by atoms with van der Waals surface area (Å²) in [6, 6.07) is 92.0. The number of aromatic nitrogens is 6. The van der Waals surface area contributed by atoms with Crippen molar-refractivity contribution < 1.29 is 9.21 Å². The van der Waals surface area contributed by atoms with Crippen molar-refractivity contribution in [1.29, 1.82) is 0 Å². The Labute approximate surface area is 715 Å². The molecule has 5 N–H and O–H groups in total. The molecule has 1 fully saturated rings. The summed E-state index contributed by atoms with van der Waals surface area (Å²) in [6.07, 6.45) is 6.20. The fourth-order valence-corrected chi connectivity index (χ4v) is 15.7. The van der Waals surface area contributed by atoms with Crippen molar-refractivity contribution in [2.24, 2.45) is 5.92 Å². The number of para-hydroxylation sites is 3. The molecule has 16 rings (SSSR count). The molecule has 1 aliphatic heterocycles. The molecule has 0 spiro atoms. The van der Waals surface area contributed by atoms with Crippen molar-refractivity contribution in [3.05, 3.63) is 367 Å². The number of amides is 1. The first-order chi connectivity index (χ1) is 58.7. The molecule has 16 heteroatoms. The molecule has 2 unspecified atom stereocenters. The number of carbonyl (C=O) groups is 1. The average molecular weight is 1620 g/mol. The smallest absolute Gasteiger partial charge is 0.268 e. The summed E-state index contributed by atoms with van der Waals surface area (Å²) in [5.74, 6) is 2.06. The third-order valence-electron chi connectivity index (χ3n) is 22.6. The van der Waals surface area contributed by atoms with E-state index in [2.05, 4.69) is 258 Å². The topological polar surface area (TPSA) is 173 Å². The highest BCUT2D eigenvalue weighted by Crippen LogP contribution is 2.31. The lowest BCUT2D eigenvalue weighted by molar-refractivity contribution is 0.0944. The first-order valence-electron chi connectivity index (χ1n) is 43.5. The molecule has 10 aromatic carbocycles. The molecule has 121 heavy (non-hydrogen) atoms. The van der Waals surface area contributed by atoms with Crippen LogP contribution < -0.4 is 37.7 Å². The third kappa shape index (κ3) is 24.1. The number of nitrogens with zero attached hydrogens (tertiary/aromatic N) is 7. The van der Waals surface area contributed by atoms with Crippen LogP contribution >= 0.6 is 0 Å². The number of likely N-dealkylation sites (tertiary alicyclic amines) is 1. The Hall–Kier alpha value is -11.6. The predicted molar refractivity (Wildman–Crippen MR) is 502 cm³/mol. The first-order valence-corrected chi connectivity index (χ1v) is 43.5. The highest BCUT2D eigenvalue weighted by molar-refractivity contribution is 6.08. The SMILES string of the molecule is CC(C)(C)c1ccc(CNC2CCN(Cc3ccccc3)CC2)cc1.CC(C)CNC(C)c1nc2ccccc2c(=O)n1Cc1ccccc1.CCCCNC(=O)c1cc2occc2n1Cc1cc(C)ccc1C.CCNC(C)c1nc2ccccc2c(=O)n1Cc1ccccc1.CCn1c2ccccc2c2cc(CNCc3ccccc3)ccc21. The van der Waals surface area contributed by atoms with Gasteiger partial charge in [-0.2, -0.15) is 0 Å². The van der Waals surface area contributed by atoms with Gasteiger partial charge < -0.3 is 40.1 Å². The summed E-state index contributed by atoms with van der Waals surface area (Å²) in [5.41, 5.74) is 19.5. The number of furan rings is 1. The number of hydrogen-bond donors (Lipinski definition) is 5. The molecule has 1 aliphatic rings. The Morgan fingerprint density at radius 3 is 1.56 bits per heavy atom. The maximum Gasteiger partial charge on any atom is 0.268 e. The van der Waals surface area contributed by atoms with Gasteiger partial charge in [0.2, 0.25) is 0 Å². The van der Waals surface area contributed by atoms with E-state index in [0.29, 0.717) is 54.6 Å². The highest BCUT2D eigenvalue weighted by atomic mass is 16.3. The number of fused-ring (bicyclic) bond motifs is 6. The molecule has 0 aliphatic carbocycles. The van der Waals surface area contributed by atoms with Crippen LogP contribution in [-0.4, -0.2) is 77.8 Å². The lowest BCUT2D eigenvalue weighted by atomic mass is 9.87. The van der Waals surface area contributed by atoms with E-state index in [-0.39, 0.29) is 34.5 Å². The maximum atomic E-state index is 13.1. The Bertz CT molecular complexity index is 5900. The lowest BCUT2D eigenvalue weighted by Gasteiger charge is -2.32. The summed E-state index contributed by atoms with van der Waals surface area (Å²) in [5, 5.41) is 21.2. The minimum absolute atomic E-state index is 0.00317.